The Labute approximate surface area is 186 Å². The maximum Gasteiger partial charge on any atom is 0.317 e. The summed E-state index contributed by atoms with van der Waals surface area (Å²) in [6.07, 6.45) is 0.279. The predicted octanol–water partition coefficient (Wildman–Crippen LogP) is 3.18. The number of nitrogens with one attached hydrogen (secondary N) is 1. The van der Waals surface area contributed by atoms with E-state index >= 15 is 0 Å². The Morgan fingerprint density at radius 3 is 2.62 bits per heavy atom. The fraction of sp³-hybridized carbons (Fsp3) is 0.348. The van der Waals surface area contributed by atoms with Crippen molar-refractivity contribution in [2.45, 2.75) is 19.4 Å². The second-order valence-electron chi connectivity index (χ2n) is 7.28. The summed E-state index contributed by atoms with van der Waals surface area (Å²) in [5, 5.41) is 8.43. The Hall–Kier alpha value is -3.62. The summed E-state index contributed by atoms with van der Waals surface area (Å²) >= 11 is 0. The lowest BCUT2D eigenvalue weighted by atomic mass is 9.97. The van der Waals surface area contributed by atoms with Crippen molar-refractivity contribution in [3.05, 3.63) is 59.4 Å². The topological polar surface area (TPSA) is 83.5 Å². The first kappa shape index (κ1) is 23.1. The van der Waals surface area contributed by atoms with Gasteiger partial charge in [-0.15, -0.1) is 0 Å². The highest BCUT2D eigenvalue weighted by molar-refractivity contribution is 6.03. The van der Waals surface area contributed by atoms with Gasteiger partial charge in [-0.1, -0.05) is 18.2 Å². The quantitative estimate of drug-likeness (QED) is 0.714. The van der Waals surface area contributed by atoms with E-state index in [0.29, 0.717) is 34.9 Å². The zero-order valence-electron chi connectivity index (χ0n) is 18.6. The monoisotopic (exact) mass is 442 g/mol. The Balaban J connectivity index is 1.99. The molecular weight excluding hydrogens is 415 g/mol. The van der Waals surface area contributed by atoms with Crippen LogP contribution in [-0.4, -0.2) is 61.9 Å². The molecule has 0 spiro atoms. The number of hydrogen-bond donors (Lipinski definition) is 1. The summed E-state index contributed by atoms with van der Waals surface area (Å²) in [5.41, 5.74) is 1.44. The number of hydrazone groups is 1. The summed E-state index contributed by atoms with van der Waals surface area (Å²) < 4.78 is 25.3. The van der Waals surface area contributed by atoms with E-state index in [2.05, 4.69) is 10.4 Å². The second kappa shape index (κ2) is 10.1. The number of nitrogens with zero attached hydrogens (tertiary/aromatic N) is 3. The van der Waals surface area contributed by atoms with Crippen molar-refractivity contribution in [1.29, 1.82) is 0 Å². The molecule has 0 aromatic heterocycles. The van der Waals surface area contributed by atoms with Gasteiger partial charge in [0.2, 0.25) is 0 Å². The minimum absolute atomic E-state index is 0.192. The average Bonchev–Trinajstić information content (AvgIpc) is 3.24. The molecule has 2 aromatic carbocycles. The maximum atomic E-state index is 14.5. The molecule has 1 N–H and O–H groups in total. The molecule has 3 rings (SSSR count). The van der Waals surface area contributed by atoms with Crippen LogP contribution in [0.15, 0.2) is 47.6 Å². The third-order valence-corrected chi connectivity index (χ3v) is 5.19. The third kappa shape index (κ3) is 4.82. The number of benzene rings is 2. The number of methoxy groups -OCH3 is 2. The van der Waals surface area contributed by atoms with Gasteiger partial charge in [0.1, 0.15) is 23.9 Å². The minimum Gasteiger partial charge on any atom is -0.497 e. The fourth-order valence-corrected chi connectivity index (χ4v) is 3.57. The molecule has 1 unspecified atom stereocenters. The van der Waals surface area contributed by atoms with E-state index in [1.807, 2.05) is 0 Å². The molecule has 1 heterocycles. The van der Waals surface area contributed by atoms with E-state index < -0.39 is 17.8 Å². The smallest absolute Gasteiger partial charge is 0.317 e. The van der Waals surface area contributed by atoms with Crippen LogP contribution in [0.5, 0.6) is 11.5 Å². The largest absolute Gasteiger partial charge is 0.497 e. The summed E-state index contributed by atoms with van der Waals surface area (Å²) in [4.78, 5) is 26.6. The van der Waals surface area contributed by atoms with E-state index in [9.17, 15) is 14.0 Å². The molecule has 9 heteroatoms. The molecule has 1 atom stereocenters. The molecular formula is C23H27FN4O4. The number of amides is 3. The average molecular weight is 442 g/mol. The Bertz CT molecular complexity index is 1030. The normalized spacial score (nSPS) is 15.2. The van der Waals surface area contributed by atoms with Gasteiger partial charge in [0.05, 0.1) is 26.0 Å². The lowest BCUT2D eigenvalue weighted by Gasteiger charge is -2.26. The number of halogens is 1. The number of carbonyl (C=O) groups is 2. The van der Waals surface area contributed by atoms with Crippen LogP contribution < -0.4 is 14.8 Å². The van der Waals surface area contributed by atoms with Gasteiger partial charge < -0.3 is 19.7 Å². The molecule has 8 nitrogen and oxygen atoms in total. The molecule has 0 saturated carbocycles. The van der Waals surface area contributed by atoms with Gasteiger partial charge in [-0.2, -0.15) is 5.10 Å². The standard InChI is InChI=1S/C23H27FN4O4/c1-5-25-23(30)27(2)14-22(29)28-20(17-12-15(31-3)10-11-21(17)32-4)13-19(26-28)16-8-6-7-9-18(16)24/h6-12,20H,5,13-14H2,1-4H3,(H,25,30). The van der Waals surface area contributed by atoms with Crippen molar-refractivity contribution < 1.29 is 23.5 Å². The van der Waals surface area contributed by atoms with Crippen molar-refractivity contribution in [3.8, 4) is 11.5 Å². The summed E-state index contributed by atoms with van der Waals surface area (Å²) in [6.45, 7) is 2.05. The fourth-order valence-electron chi connectivity index (χ4n) is 3.57. The van der Waals surface area contributed by atoms with Crippen LogP contribution in [0, 0.1) is 5.82 Å². The molecule has 32 heavy (non-hydrogen) atoms. The highest BCUT2D eigenvalue weighted by atomic mass is 19.1. The van der Waals surface area contributed by atoms with Gasteiger partial charge in [0.25, 0.3) is 5.91 Å². The molecule has 0 radical (unpaired) electrons. The van der Waals surface area contributed by atoms with E-state index in [-0.39, 0.29) is 19.0 Å². The number of hydrogen-bond acceptors (Lipinski definition) is 5. The first-order valence-electron chi connectivity index (χ1n) is 10.2. The lowest BCUT2D eigenvalue weighted by molar-refractivity contribution is -0.133. The van der Waals surface area contributed by atoms with Crippen LogP contribution in [0.25, 0.3) is 0 Å². The van der Waals surface area contributed by atoms with Gasteiger partial charge in [0, 0.05) is 31.1 Å². The Morgan fingerprint density at radius 2 is 1.97 bits per heavy atom. The van der Waals surface area contributed by atoms with Gasteiger partial charge in [-0.25, -0.2) is 14.2 Å². The SMILES string of the molecule is CCNC(=O)N(C)CC(=O)N1N=C(c2ccccc2F)CC1c1cc(OC)ccc1OC. The number of urea groups is 1. The number of ether oxygens (including phenoxy) is 2. The second-order valence-corrected chi connectivity index (χ2v) is 7.28. The third-order valence-electron chi connectivity index (χ3n) is 5.19. The zero-order chi connectivity index (χ0) is 23.3. The molecule has 1 aliphatic heterocycles. The van der Waals surface area contributed by atoms with Crippen molar-refractivity contribution in [1.82, 2.24) is 15.2 Å². The van der Waals surface area contributed by atoms with Crippen molar-refractivity contribution in [3.63, 3.8) is 0 Å². The summed E-state index contributed by atoms with van der Waals surface area (Å²) in [7, 11) is 4.61. The number of rotatable bonds is 7. The van der Waals surface area contributed by atoms with Gasteiger partial charge >= 0.3 is 6.03 Å². The molecule has 2 aromatic rings. The maximum absolute atomic E-state index is 14.5. The van der Waals surface area contributed by atoms with E-state index in [0.717, 1.165) is 0 Å². The Morgan fingerprint density at radius 1 is 1.22 bits per heavy atom. The van der Waals surface area contributed by atoms with Crippen molar-refractivity contribution >= 4 is 17.6 Å². The minimum atomic E-state index is -0.551. The zero-order valence-corrected chi connectivity index (χ0v) is 18.6. The van der Waals surface area contributed by atoms with Crippen LogP contribution in [0.3, 0.4) is 0 Å². The van der Waals surface area contributed by atoms with E-state index in [1.54, 1.807) is 50.4 Å². The Kier molecular flexibility index (Phi) is 7.29. The molecule has 0 fully saturated rings. The molecule has 0 saturated heterocycles. The van der Waals surface area contributed by atoms with Crippen LogP contribution in [0.4, 0.5) is 9.18 Å². The molecule has 3 amide bonds. The van der Waals surface area contributed by atoms with Crippen LogP contribution in [-0.2, 0) is 4.79 Å². The molecule has 0 bridgehead atoms. The summed E-state index contributed by atoms with van der Waals surface area (Å²) in [6, 6.07) is 10.7. The highest BCUT2D eigenvalue weighted by Crippen LogP contribution is 2.39. The van der Waals surface area contributed by atoms with Gasteiger partial charge in [0.15, 0.2) is 0 Å². The van der Waals surface area contributed by atoms with Crippen LogP contribution in [0.2, 0.25) is 0 Å². The number of carbonyl (C=O) groups excluding carboxylic acids is 2. The van der Waals surface area contributed by atoms with E-state index in [1.165, 1.54) is 30.1 Å². The predicted molar refractivity (Wildman–Crippen MR) is 118 cm³/mol. The van der Waals surface area contributed by atoms with Gasteiger partial charge in [-0.05, 0) is 31.2 Å². The summed E-state index contributed by atoms with van der Waals surface area (Å²) in [5.74, 6) is 0.318. The van der Waals surface area contributed by atoms with E-state index in [4.69, 9.17) is 9.47 Å². The lowest BCUT2D eigenvalue weighted by Crippen LogP contribution is -2.43. The first-order chi connectivity index (χ1) is 15.4. The molecule has 170 valence electrons. The first-order valence-corrected chi connectivity index (χ1v) is 10.2. The number of likely N-dealkylation sites (N-methyl/N-ethyl adjacent to an activating group) is 1. The van der Waals surface area contributed by atoms with Crippen molar-refractivity contribution in [2.24, 2.45) is 5.10 Å². The van der Waals surface area contributed by atoms with Crippen LogP contribution >= 0.6 is 0 Å². The van der Waals surface area contributed by atoms with Crippen LogP contribution in [0.1, 0.15) is 30.5 Å². The molecule has 0 aliphatic carbocycles. The molecule has 1 aliphatic rings. The van der Waals surface area contributed by atoms with Crippen molar-refractivity contribution in [2.75, 3.05) is 34.4 Å². The highest BCUT2D eigenvalue weighted by Gasteiger charge is 2.36. The van der Waals surface area contributed by atoms with Gasteiger partial charge in [-0.3, -0.25) is 4.79 Å².